The summed E-state index contributed by atoms with van der Waals surface area (Å²) in [7, 11) is 0. The number of anilines is 3. The molecule has 10 aromatic rings. The second-order valence-corrected chi connectivity index (χ2v) is 23.7. The van der Waals surface area contributed by atoms with Crippen LogP contribution in [-0.2, 0) is 36.5 Å². The Morgan fingerprint density at radius 1 is 0.451 bits per heavy atom. The quantitative estimate of drug-likeness (QED) is 0.160. The van der Waals surface area contributed by atoms with Crippen molar-refractivity contribution in [2.45, 2.75) is 101 Å². The van der Waals surface area contributed by atoms with Crippen molar-refractivity contribution in [3.05, 3.63) is 203 Å². The maximum atomic E-state index is 2.72. The van der Waals surface area contributed by atoms with E-state index in [9.17, 15) is 0 Å². The van der Waals surface area contributed by atoms with Crippen molar-refractivity contribution in [1.82, 2.24) is 9.13 Å². The van der Waals surface area contributed by atoms with Gasteiger partial charge >= 0.3 is 0 Å². The topological polar surface area (TPSA) is 13.1 Å². The first-order valence-electron chi connectivity index (χ1n) is 26.0. The lowest BCUT2D eigenvalue weighted by atomic mass is 9.34. The van der Waals surface area contributed by atoms with Crippen LogP contribution in [0.5, 0.6) is 0 Å². The van der Waals surface area contributed by atoms with Gasteiger partial charge in [0.2, 0.25) is 6.71 Å². The first-order chi connectivity index (χ1) is 34.5. The molecule has 14 rings (SSSR count). The Labute approximate surface area is 423 Å². The minimum atomic E-state index is -0.104. The van der Waals surface area contributed by atoms with E-state index in [1.807, 2.05) is 11.8 Å². The van der Waals surface area contributed by atoms with E-state index in [2.05, 4.69) is 225 Å². The highest BCUT2D eigenvalue weighted by Crippen LogP contribution is 2.52. The summed E-state index contributed by atoms with van der Waals surface area (Å²) in [5.74, 6) is 0. The van der Waals surface area contributed by atoms with Crippen molar-refractivity contribution < 1.29 is 0 Å². The number of rotatable bonds is 5. The fourth-order valence-electron chi connectivity index (χ4n) is 12.9. The van der Waals surface area contributed by atoms with E-state index in [0.717, 1.165) is 25.7 Å². The van der Waals surface area contributed by atoms with Gasteiger partial charge < -0.3 is 14.0 Å². The first-order valence-corrected chi connectivity index (χ1v) is 26.8. The third-order valence-electron chi connectivity index (χ3n) is 16.4. The monoisotopic (exact) mass is 935 g/mol. The molecule has 0 spiro atoms. The molecule has 3 nitrogen and oxygen atoms in total. The van der Waals surface area contributed by atoms with Gasteiger partial charge in [0, 0.05) is 65.8 Å². The van der Waals surface area contributed by atoms with Crippen LogP contribution in [0.3, 0.4) is 0 Å². The molecule has 4 aliphatic rings. The minimum absolute atomic E-state index is 0.0352. The summed E-state index contributed by atoms with van der Waals surface area (Å²) < 4.78 is 5.20. The van der Waals surface area contributed by atoms with Crippen molar-refractivity contribution >= 4 is 73.7 Å². The molecule has 8 aromatic carbocycles. The van der Waals surface area contributed by atoms with Crippen LogP contribution in [0.15, 0.2) is 180 Å². The van der Waals surface area contributed by atoms with Crippen molar-refractivity contribution in [2.24, 2.45) is 0 Å². The van der Waals surface area contributed by atoms with Crippen molar-refractivity contribution in [3.63, 3.8) is 0 Å². The Balaban J connectivity index is 1.09. The lowest BCUT2D eigenvalue weighted by Crippen LogP contribution is -2.60. The molecule has 0 amide bonds. The van der Waals surface area contributed by atoms with Gasteiger partial charge in [0.05, 0.1) is 16.7 Å². The van der Waals surface area contributed by atoms with Gasteiger partial charge in [-0.15, -0.1) is 0 Å². The van der Waals surface area contributed by atoms with E-state index in [0.29, 0.717) is 0 Å². The van der Waals surface area contributed by atoms with E-state index in [-0.39, 0.29) is 17.5 Å². The van der Waals surface area contributed by atoms with Gasteiger partial charge in [-0.3, -0.25) is 0 Å². The molecule has 71 heavy (non-hydrogen) atoms. The molecule has 346 valence electrons. The average Bonchev–Trinajstić information content (AvgIpc) is 4.18. The van der Waals surface area contributed by atoms with Crippen LogP contribution in [0.2, 0.25) is 0 Å². The standard InChI is InChI=1S/C66H58BN3S/c1-65(2,3)43-35-51(41-19-9-7-10-20-41)64(52(36-43)42-21-11-8-12-22-42)70-59-39-45(68-55-27-15-13-23-47(55)49-25-17-29-57(49)68)31-33-53(59)67-54-34-32-46(69-56-28-16-14-24-48(56)50-26-18-30-58(50)69)40-61(54)71-62-38-44(66(4,5)6)37-60(70)63(62)67/h7-16,19-24,27-28,31-40H,17-18,25-26,29-30H2,1-6H3. The molecule has 0 saturated heterocycles. The number of hydrogen-bond donors (Lipinski definition) is 0. The molecule has 0 fully saturated rings. The lowest BCUT2D eigenvalue weighted by molar-refractivity contribution is 0.589. The molecular formula is C66H58BN3S. The highest BCUT2D eigenvalue weighted by Gasteiger charge is 2.44. The Kier molecular flexibility index (Phi) is 9.53. The van der Waals surface area contributed by atoms with Gasteiger partial charge in [0.1, 0.15) is 0 Å². The lowest BCUT2D eigenvalue weighted by Gasteiger charge is -2.43. The summed E-state index contributed by atoms with van der Waals surface area (Å²) in [6.07, 6.45) is 6.91. The predicted molar refractivity (Wildman–Crippen MR) is 302 cm³/mol. The summed E-state index contributed by atoms with van der Waals surface area (Å²) >= 11 is 1.98. The maximum absolute atomic E-state index is 2.72. The van der Waals surface area contributed by atoms with Crippen LogP contribution in [-0.4, -0.2) is 15.8 Å². The van der Waals surface area contributed by atoms with Gasteiger partial charge in [-0.05, 0) is 154 Å². The smallest absolute Gasteiger partial charge is 0.249 e. The molecule has 0 bridgehead atoms. The molecule has 0 atom stereocenters. The van der Waals surface area contributed by atoms with Crippen LogP contribution < -0.4 is 21.3 Å². The Bertz CT molecular complexity index is 3760. The van der Waals surface area contributed by atoms with Crippen LogP contribution in [0.25, 0.3) is 55.4 Å². The molecule has 4 heterocycles. The van der Waals surface area contributed by atoms with Gasteiger partial charge in [0.15, 0.2) is 0 Å². The molecule has 2 aliphatic carbocycles. The van der Waals surface area contributed by atoms with Gasteiger partial charge in [0.25, 0.3) is 0 Å². The highest BCUT2D eigenvalue weighted by molar-refractivity contribution is 8.00. The Morgan fingerprint density at radius 3 is 1.52 bits per heavy atom. The summed E-state index contributed by atoms with van der Waals surface area (Å²) in [6, 6.07) is 65.7. The number of fused-ring (bicyclic) bond motifs is 10. The number of nitrogens with zero attached hydrogens (tertiary/aromatic N) is 3. The predicted octanol–water partition coefficient (Wildman–Crippen LogP) is 15.2. The van der Waals surface area contributed by atoms with Crippen LogP contribution in [0, 0.1) is 0 Å². The second-order valence-electron chi connectivity index (χ2n) is 22.7. The van der Waals surface area contributed by atoms with Crippen LogP contribution in [0.4, 0.5) is 17.1 Å². The van der Waals surface area contributed by atoms with Gasteiger partial charge in [-0.1, -0.05) is 168 Å². The van der Waals surface area contributed by atoms with E-state index < -0.39 is 0 Å². The number of hydrogen-bond acceptors (Lipinski definition) is 2. The molecule has 0 N–H and O–H groups in total. The SMILES string of the molecule is CC(C)(C)c1cc(-c2ccccc2)c(N2c3cc(-n4c5c(c6ccccc64)CCC5)ccc3B3c4ccc(-n5c6c(c7ccccc75)CCC6)cc4Sc4cc(C(C)(C)C)cc2c43)c(-c2ccccc2)c1. The summed E-state index contributed by atoms with van der Waals surface area (Å²) in [5.41, 5.74) is 26.4. The zero-order chi connectivity index (χ0) is 47.9. The molecule has 0 unspecified atom stereocenters. The third-order valence-corrected chi connectivity index (χ3v) is 17.5. The molecule has 0 radical (unpaired) electrons. The zero-order valence-electron chi connectivity index (χ0n) is 41.7. The van der Waals surface area contributed by atoms with Crippen LogP contribution >= 0.6 is 11.8 Å². The Morgan fingerprint density at radius 2 is 0.958 bits per heavy atom. The number of benzene rings is 8. The molecular weight excluding hydrogens is 878 g/mol. The van der Waals surface area contributed by atoms with Crippen molar-refractivity contribution in [1.29, 1.82) is 0 Å². The van der Waals surface area contributed by atoms with E-state index >= 15 is 0 Å². The average molecular weight is 936 g/mol. The highest BCUT2D eigenvalue weighted by atomic mass is 32.2. The van der Waals surface area contributed by atoms with E-state index in [1.165, 1.54) is 145 Å². The summed E-state index contributed by atoms with van der Waals surface area (Å²) in [6.45, 7) is 14.3. The first kappa shape index (κ1) is 42.9. The number of aryl methyl sites for hydroxylation is 2. The zero-order valence-corrected chi connectivity index (χ0v) is 42.6. The molecule has 2 aromatic heterocycles. The summed E-state index contributed by atoms with van der Waals surface area (Å²) in [4.78, 5) is 5.43. The largest absolute Gasteiger partial charge is 0.313 e. The fourth-order valence-corrected chi connectivity index (χ4v) is 14.2. The molecule has 5 heteroatoms. The van der Waals surface area contributed by atoms with Gasteiger partial charge in [-0.2, -0.15) is 0 Å². The number of para-hydroxylation sites is 2. The normalized spacial score (nSPS) is 14.7. The van der Waals surface area contributed by atoms with E-state index in [4.69, 9.17) is 0 Å². The third kappa shape index (κ3) is 6.58. The maximum Gasteiger partial charge on any atom is 0.249 e. The van der Waals surface area contributed by atoms with Crippen LogP contribution in [0.1, 0.15) is 88.0 Å². The minimum Gasteiger partial charge on any atom is -0.313 e. The van der Waals surface area contributed by atoms with Crippen molar-refractivity contribution in [3.8, 4) is 33.6 Å². The second kappa shape index (κ2) is 15.8. The molecule has 0 saturated carbocycles. The summed E-state index contributed by atoms with van der Waals surface area (Å²) in [5, 5.41) is 2.80. The molecule has 2 aliphatic heterocycles. The number of aromatic nitrogens is 2. The van der Waals surface area contributed by atoms with Crippen molar-refractivity contribution in [2.75, 3.05) is 4.90 Å². The van der Waals surface area contributed by atoms with Gasteiger partial charge in [-0.25, -0.2) is 0 Å². The fraction of sp³-hybridized carbons (Fsp3) is 0.212. The Hall–Kier alpha value is -6.95. The van der Waals surface area contributed by atoms with E-state index in [1.54, 1.807) is 0 Å².